The first-order valence-electron chi connectivity index (χ1n) is 4.09. The van der Waals surface area contributed by atoms with Crippen LogP contribution in [0.5, 0.6) is 0 Å². The van der Waals surface area contributed by atoms with E-state index in [4.69, 9.17) is 16.3 Å². The van der Waals surface area contributed by atoms with Gasteiger partial charge in [0.2, 0.25) is 11.5 Å². The lowest BCUT2D eigenvalue weighted by Gasteiger charge is -1.96. The molecule has 2 heterocycles. The average molecular weight is 230 g/mol. The molecule has 0 aliphatic carbocycles. The van der Waals surface area contributed by atoms with Gasteiger partial charge in [-0.2, -0.15) is 20.1 Å². The van der Waals surface area contributed by atoms with Crippen molar-refractivity contribution in [3.8, 4) is 12.1 Å². The van der Waals surface area contributed by atoms with Crippen LogP contribution in [0.4, 0.5) is 11.6 Å². The van der Waals surface area contributed by atoms with Crippen LogP contribution in [-0.4, -0.2) is 24.7 Å². The number of anilines is 1. The average Bonchev–Trinajstić information content (AvgIpc) is 2.67. The molecule has 2 rings (SSSR count). The van der Waals surface area contributed by atoms with Gasteiger partial charge in [-0.15, -0.1) is 0 Å². The summed E-state index contributed by atoms with van der Waals surface area (Å²) in [5, 5.41) is 38.4. The Balaban J connectivity index is 2.91. The molecule has 0 aliphatic rings. The number of nitrogens with two attached hydrogens (primary N) is 1. The van der Waals surface area contributed by atoms with Crippen LogP contribution in [0, 0.1) is 32.8 Å². The summed E-state index contributed by atoms with van der Waals surface area (Å²) in [6, 6.07) is 3.38. The van der Waals surface area contributed by atoms with Crippen molar-refractivity contribution in [2.24, 2.45) is 0 Å². The van der Waals surface area contributed by atoms with E-state index in [0.717, 1.165) is 4.52 Å². The van der Waals surface area contributed by atoms with Gasteiger partial charge in [-0.1, -0.05) is 0 Å². The highest BCUT2D eigenvalue weighted by atomic mass is 16.6. The van der Waals surface area contributed by atoms with E-state index < -0.39 is 16.6 Å². The normalized spacial score (nSPS) is 9.76. The summed E-state index contributed by atoms with van der Waals surface area (Å²) < 4.78 is 0.849. The Morgan fingerprint density at radius 2 is 2.06 bits per heavy atom. The van der Waals surface area contributed by atoms with Gasteiger partial charge in [0.25, 0.3) is 0 Å². The molecular formula is C7H2N8O2. The molecule has 0 aliphatic heterocycles. The van der Waals surface area contributed by atoms with Crippen LogP contribution in [-0.2, 0) is 0 Å². The van der Waals surface area contributed by atoms with E-state index in [-0.39, 0.29) is 16.9 Å². The molecule has 10 heteroatoms. The quantitative estimate of drug-likeness (QED) is 0.499. The fourth-order valence-electron chi connectivity index (χ4n) is 1.22. The number of hydrogen-bond donors (Lipinski definition) is 1. The minimum Gasteiger partial charge on any atom is -0.376 e. The molecular weight excluding hydrogens is 228 g/mol. The second-order valence-electron chi connectivity index (χ2n) is 2.85. The molecule has 0 fully saturated rings. The Morgan fingerprint density at radius 1 is 1.35 bits per heavy atom. The maximum absolute atomic E-state index is 10.5. The number of nitro groups is 1. The van der Waals surface area contributed by atoms with Gasteiger partial charge in [0.15, 0.2) is 5.69 Å². The Morgan fingerprint density at radius 3 is 2.59 bits per heavy atom. The third kappa shape index (κ3) is 1.29. The maximum Gasteiger partial charge on any atom is 0.433 e. The van der Waals surface area contributed by atoms with Gasteiger partial charge in [0.1, 0.15) is 17.7 Å². The highest BCUT2D eigenvalue weighted by Gasteiger charge is 2.24. The molecule has 0 aromatic carbocycles. The second-order valence-corrected chi connectivity index (χ2v) is 2.85. The zero-order valence-corrected chi connectivity index (χ0v) is 8.02. The van der Waals surface area contributed by atoms with E-state index in [0.29, 0.717) is 0 Å². The highest BCUT2D eigenvalue weighted by Crippen LogP contribution is 2.20. The summed E-state index contributed by atoms with van der Waals surface area (Å²) in [4.78, 5) is 9.72. The van der Waals surface area contributed by atoms with Crippen molar-refractivity contribution in [2.45, 2.75) is 0 Å². The summed E-state index contributed by atoms with van der Waals surface area (Å²) in [6.45, 7) is 0. The first-order valence-corrected chi connectivity index (χ1v) is 4.09. The third-order valence-electron chi connectivity index (χ3n) is 1.95. The van der Waals surface area contributed by atoms with Crippen LogP contribution in [0.3, 0.4) is 0 Å². The van der Waals surface area contributed by atoms with Crippen molar-refractivity contribution in [3.63, 3.8) is 0 Å². The molecule has 2 aromatic rings. The number of nitrogens with zero attached hydrogens (tertiary/aromatic N) is 7. The van der Waals surface area contributed by atoms with Crippen molar-refractivity contribution in [3.05, 3.63) is 21.4 Å². The summed E-state index contributed by atoms with van der Waals surface area (Å²) in [6.07, 6.45) is 0. The molecule has 0 bridgehead atoms. The van der Waals surface area contributed by atoms with E-state index in [1.807, 2.05) is 0 Å². The van der Waals surface area contributed by atoms with Crippen LogP contribution in [0.1, 0.15) is 11.3 Å². The fraction of sp³-hybridized carbons (Fsp3) is 0. The van der Waals surface area contributed by atoms with Gasteiger partial charge < -0.3 is 15.8 Å². The van der Waals surface area contributed by atoms with Gasteiger partial charge in [0, 0.05) is 0 Å². The highest BCUT2D eigenvalue weighted by molar-refractivity contribution is 5.64. The zero-order chi connectivity index (χ0) is 12.6. The van der Waals surface area contributed by atoms with Crippen LogP contribution in [0.2, 0.25) is 0 Å². The molecule has 0 saturated carbocycles. The standard InChI is InChI=1S/C7H2N8O2/c8-1-3-4(2-9)13-14-5(10)7(15(16)17)12-11-6(3)14/h10H2. The van der Waals surface area contributed by atoms with Gasteiger partial charge in [-0.05, 0) is 10.0 Å². The maximum atomic E-state index is 10.5. The summed E-state index contributed by atoms with van der Waals surface area (Å²) in [5.74, 6) is -1.08. The van der Waals surface area contributed by atoms with Crippen LogP contribution in [0.15, 0.2) is 0 Å². The molecule has 0 saturated heterocycles. The predicted octanol–water partition coefficient (Wildman–Crippen LogP) is -0.642. The molecule has 0 radical (unpaired) electrons. The molecule has 82 valence electrons. The molecule has 0 unspecified atom stereocenters. The minimum absolute atomic E-state index is 0.0906. The predicted molar refractivity (Wildman–Crippen MR) is 51.3 cm³/mol. The first kappa shape index (κ1) is 10.3. The van der Waals surface area contributed by atoms with Crippen LogP contribution in [0.25, 0.3) is 5.65 Å². The number of hydrogen-bond acceptors (Lipinski definition) is 8. The SMILES string of the molecule is N#Cc1nn2c(N)c([N+](=O)[O-])nnc2c1C#N. The lowest BCUT2D eigenvalue weighted by Crippen LogP contribution is -2.07. The smallest absolute Gasteiger partial charge is 0.376 e. The zero-order valence-electron chi connectivity index (χ0n) is 8.02. The summed E-state index contributed by atoms with van der Waals surface area (Å²) >= 11 is 0. The molecule has 17 heavy (non-hydrogen) atoms. The van der Waals surface area contributed by atoms with Crippen molar-refractivity contribution in [2.75, 3.05) is 5.73 Å². The lowest BCUT2D eigenvalue weighted by molar-refractivity contribution is -0.389. The Bertz CT molecular complexity index is 718. The number of nitrogen functional groups attached to an aromatic ring is 1. The van der Waals surface area contributed by atoms with Crippen LogP contribution < -0.4 is 5.73 Å². The number of nitriles is 2. The molecule has 2 N–H and O–H groups in total. The van der Waals surface area contributed by atoms with Crippen LogP contribution >= 0.6 is 0 Å². The van der Waals surface area contributed by atoms with Gasteiger partial charge in [0.05, 0.1) is 5.10 Å². The third-order valence-corrected chi connectivity index (χ3v) is 1.95. The molecule has 0 atom stereocenters. The largest absolute Gasteiger partial charge is 0.433 e. The number of fused-ring (bicyclic) bond motifs is 1. The van der Waals surface area contributed by atoms with Gasteiger partial charge >= 0.3 is 5.82 Å². The Labute approximate surface area is 92.7 Å². The van der Waals surface area contributed by atoms with Crippen molar-refractivity contribution < 1.29 is 4.92 Å². The monoisotopic (exact) mass is 230 g/mol. The van der Waals surface area contributed by atoms with Gasteiger partial charge in [-0.3, -0.25) is 0 Å². The van der Waals surface area contributed by atoms with E-state index >= 15 is 0 Å². The van der Waals surface area contributed by atoms with E-state index in [9.17, 15) is 10.1 Å². The minimum atomic E-state index is -0.832. The second kappa shape index (κ2) is 3.39. The fourth-order valence-corrected chi connectivity index (χ4v) is 1.22. The first-order chi connectivity index (χ1) is 8.10. The molecule has 2 aromatic heterocycles. The topological polar surface area (TPSA) is 160 Å². The number of aromatic nitrogens is 4. The van der Waals surface area contributed by atoms with Crippen molar-refractivity contribution in [1.82, 2.24) is 19.8 Å². The Kier molecular flexibility index (Phi) is 2.05. The molecule has 10 nitrogen and oxygen atoms in total. The van der Waals surface area contributed by atoms with E-state index in [1.165, 1.54) is 0 Å². The lowest BCUT2D eigenvalue weighted by atomic mass is 10.3. The summed E-state index contributed by atoms with van der Waals surface area (Å²) in [5.41, 5.74) is 5.02. The Hall–Kier alpha value is -3.27. The van der Waals surface area contributed by atoms with Crippen molar-refractivity contribution >= 4 is 17.3 Å². The van der Waals surface area contributed by atoms with E-state index in [2.05, 4.69) is 15.3 Å². The summed E-state index contributed by atoms with van der Waals surface area (Å²) in [7, 11) is 0. The van der Waals surface area contributed by atoms with E-state index in [1.54, 1.807) is 12.1 Å². The van der Waals surface area contributed by atoms with Gasteiger partial charge in [-0.25, -0.2) is 0 Å². The molecule has 0 amide bonds. The number of rotatable bonds is 1. The van der Waals surface area contributed by atoms with Crippen molar-refractivity contribution in [1.29, 1.82) is 10.5 Å². The molecule has 0 spiro atoms.